The second kappa shape index (κ2) is 5.63. The second-order valence-electron chi connectivity index (χ2n) is 4.26. The molecule has 4 heteroatoms. The van der Waals surface area contributed by atoms with Crippen molar-refractivity contribution in [3.05, 3.63) is 59.9 Å². The van der Waals surface area contributed by atoms with Crippen LogP contribution in [0.1, 0.15) is 5.56 Å². The van der Waals surface area contributed by atoms with Crippen molar-refractivity contribution in [2.75, 3.05) is 0 Å². The number of benzene rings is 2. The Labute approximate surface area is 109 Å². The Kier molecular flexibility index (Phi) is 3.92. The van der Waals surface area contributed by atoms with Crippen molar-refractivity contribution >= 4 is 5.97 Å². The first-order valence-corrected chi connectivity index (χ1v) is 5.82. The zero-order valence-corrected chi connectivity index (χ0v) is 10.1. The fraction of sp³-hybridized carbons (Fsp3) is 0.133. The first kappa shape index (κ1) is 13.2. The van der Waals surface area contributed by atoms with E-state index in [2.05, 4.69) is 0 Å². The summed E-state index contributed by atoms with van der Waals surface area (Å²) in [5.41, 5.74) is 2.53. The van der Waals surface area contributed by atoms with Gasteiger partial charge in [0, 0.05) is 6.42 Å². The van der Waals surface area contributed by atoms with E-state index in [0.717, 1.165) is 16.7 Å². The molecular weight excluding hydrogens is 247 g/mol. The van der Waals surface area contributed by atoms with Gasteiger partial charge in [0.2, 0.25) is 0 Å². The lowest BCUT2D eigenvalue weighted by Gasteiger charge is -2.07. The molecule has 2 aromatic carbocycles. The van der Waals surface area contributed by atoms with Gasteiger partial charge >= 0.3 is 5.97 Å². The minimum Gasteiger partial charge on any atom is -0.479 e. The van der Waals surface area contributed by atoms with Gasteiger partial charge in [-0.1, -0.05) is 36.4 Å². The molecular formula is C15H13FO3. The van der Waals surface area contributed by atoms with E-state index in [1.807, 2.05) is 12.1 Å². The van der Waals surface area contributed by atoms with Crippen LogP contribution in [0.3, 0.4) is 0 Å². The minimum atomic E-state index is -1.39. The van der Waals surface area contributed by atoms with Crippen molar-refractivity contribution in [1.29, 1.82) is 0 Å². The minimum absolute atomic E-state index is 0.0685. The number of aliphatic carboxylic acids is 1. The van der Waals surface area contributed by atoms with Crippen LogP contribution in [0.5, 0.6) is 0 Å². The fourth-order valence-corrected chi connectivity index (χ4v) is 1.79. The van der Waals surface area contributed by atoms with Gasteiger partial charge in [0.1, 0.15) is 5.82 Å². The van der Waals surface area contributed by atoms with Gasteiger partial charge in [-0.05, 0) is 28.8 Å². The molecule has 2 N–H and O–H groups in total. The number of aliphatic hydroxyl groups excluding tert-OH is 1. The van der Waals surface area contributed by atoms with E-state index >= 15 is 0 Å². The van der Waals surface area contributed by atoms with E-state index in [4.69, 9.17) is 5.11 Å². The highest BCUT2D eigenvalue weighted by Crippen LogP contribution is 2.20. The molecule has 2 aromatic rings. The molecule has 0 aliphatic rings. The number of hydrogen-bond acceptors (Lipinski definition) is 2. The van der Waals surface area contributed by atoms with Crippen molar-refractivity contribution in [3.63, 3.8) is 0 Å². The topological polar surface area (TPSA) is 57.5 Å². The van der Waals surface area contributed by atoms with Crippen molar-refractivity contribution in [2.45, 2.75) is 12.5 Å². The molecule has 0 aliphatic carbocycles. The molecule has 0 aliphatic heterocycles. The third-order valence-corrected chi connectivity index (χ3v) is 2.85. The SMILES string of the molecule is O=C(O)C(O)Cc1ccc(-c2ccc(F)cc2)cc1. The van der Waals surface area contributed by atoms with Gasteiger partial charge in [0.05, 0.1) is 0 Å². The molecule has 0 spiro atoms. The van der Waals surface area contributed by atoms with E-state index < -0.39 is 12.1 Å². The molecule has 0 saturated heterocycles. The quantitative estimate of drug-likeness (QED) is 0.888. The number of hydrogen-bond donors (Lipinski definition) is 2. The number of rotatable bonds is 4. The highest BCUT2D eigenvalue weighted by molar-refractivity contribution is 5.72. The number of aliphatic hydroxyl groups is 1. The van der Waals surface area contributed by atoms with Gasteiger partial charge in [-0.15, -0.1) is 0 Å². The number of carboxylic acids is 1. The predicted molar refractivity (Wildman–Crippen MR) is 69.2 cm³/mol. The lowest BCUT2D eigenvalue weighted by Crippen LogP contribution is -2.21. The van der Waals surface area contributed by atoms with Crippen LogP contribution in [-0.2, 0) is 11.2 Å². The lowest BCUT2D eigenvalue weighted by atomic mass is 10.0. The smallest absolute Gasteiger partial charge is 0.332 e. The summed E-state index contributed by atoms with van der Waals surface area (Å²) in [6, 6.07) is 13.3. The molecule has 0 bridgehead atoms. The zero-order valence-electron chi connectivity index (χ0n) is 10.1. The van der Waals surface area contributed by atoms with Crippen LogP contribution in [0.2, 0.25) is 0 Å². The summed E-state index contributed by atoms with van der Waals surface area (Å²) < 4.78 is 12.8. The van der Waals surface area contributed by atoms with Gasteiger partial charge in [-0.3, -0.25) is 0 Å². The zero-order chi connectivity index (χ0) is 13.8. The Morgan fingerprint density at radius 3 is 1.95 bits per heavy atom. The third kappa shape index (κ3) is 3.39. The van der Waals surface area contributed by atoms with E-state index in [0.29, 0.717) is 0 Å². The Morgan fingerprint density at radius 1 is 1.00 bits per heavy atom. The van der Waals surface area contributed by atoms with Crippen LogP contribution in [0.4, 0.5) is 4.39 Å². The molecule has 19 heavy (non-hydrogen) atoms. The summed E-state index contributed by atoms with van der Waals surface area (Å²) in [5, 5.41) is 17.9. The van der Waals surface area contributed by atoms with Crippen molar-refractivity contribution in [3.8, 4) is 11.1 Å². The van der Waals surface area contributed by atoms with Crippen LogP contribution in [-0.4, -0.2) is 22.3 Å². The first-order chi connectivity index (χ1) is 9.06. The number of carbonyl (C=O) groups is 1. The normalized spacial score (nSPS) is 12.1. The molecule has 2 rings (SSSR count). The molecule has 0 aromatic heterocycles. The summed E-state index contributed by atoms with van der Waals surface area (Å²) in [6.45, 7) is 0. The van der Waals surface area contributed by atoms with Gasteiger partial charge in [0.25, 0.3) is 0 Å². The lowest BCUT2D eigenvalue weighted by molar-refractivity contribution is -0.146. The summed E-state index contributed by atoms with van der Waals surface area (Å²) >= 11 is 0. The maximum absolute atomic E-state index is 12.8. The Hall–Kier alpha value is -2.20. The van der Waals surface area contributed by atoms with Crippen LogP contribution >= 0.6 is 0 Å². The van der Waals surface area contributed by atoms with Gasteiger partial charge < -0.3 is 10.2 Å². The molecule has 1 unspecified atom stereocenters. The van der Waals surface area contributed by atoms with Crippen LogP contribution in [0.25, 0.3) is 11.1 Å². The van der Waals surface area contributed by atoms with Crippen molar-refractivity contribution < 1.29 is 19.4 Å². The summed E-state index contributed by atoms with van der Waals surface area (Å²) in [5.74, 6) is -1.52. The Morgan fingerprint density at radius 2 is 1.47 bits per heavy atom. The van der Waals surface area contributed by atoms with Crippen molar-refractivity contribution in [2.24, 2.45) is 0 Å². The average Bonchev–Trinajstić information content (AvgIpc) is 2.40. The molecule has 0 heterocycles. The number of carboxylic acid groups (broad SMARTS) is 1. The van der Waals surface area contributed by atoms with Gasteiger partial charge in [-0.25, -0.2) is 9.18 Å². The molecule has 3 nitrogen and oxygen atoms in total. The monoisotopic (exact) mass is 260 g/mol. The van der Waals surface area contributed by atoms with E-state index in [-0.39, 0.29) is 12.2 Å². The molecule has 0 radical (unpaired) electrons. The summed E-state index contributed by atoms with van der Waals surface area (Å²) in [7, 11) is 0. The van der Waals surface area contributed by atoms with E-state index in [1.165, 1.54) is 12.1 Å². The first-order valence-electron chi connectivity index (χ1n) is 5.82. The Bertz CT molecular complexity index is 561. The Balaban J connectivity index is 2.14. The van der Waals surface area contributed by atoms with E-state index in [1.54, 1.807) is 24.3 Å². The standard InChI is InChI=1S/C15H13FO3/c16-13-7-5-12(6-8-13)11-3-1-10(2-4-11)9-14(17)15(18)19/h1-8,14,17H,9H2,(H,18,19). The molecule has 0 amide bonds. The molecule has 98 valence electrons. The van der Waals surface area contributed by atoms with Crippen molar-refractivity contribution in [1.82, 2.24) is 0 Å². The second-order valence-corrected chi connectivity index (χ2v) is 4.26. The van der Waals surface area contributed by atoms with Crippen LogP contribution in [0.15, 0.2) is 48.5 Å². The fourth-order valence-electron chi connectivity index (χ4n) is 1.79. The summed E-state index contributed by atoms with van der Waals surface area (Å²) in [6.07, 6.45) is -1.32. The highest BCUT2D eigenvalue weighted by atomic mass is 19.1. The van der Waals surface area contributed by atoms with Gasteiger partial charge in [0.15, 0.2) is 6.10 Å². The molecule has 0 saturated carbocycles. The maximum Gasteiger partial charge on any atom is 0.332 e. The summed E-state index contributed by atoms with van der Waals surface area (Å²) in [4.78, 5) is 10.5. The highest BCUT2D eigenvalue weighted by Gasteiger charge is 2.13. The van der Waals surface area contributed by atoms with Gasteiger partial charge in [-0.2, -0.15) is 0 Å². The maximum atomic E-state index is 12.8. The van der Waals surface area contributed by atoms with Crippen LogP contribution in [0, 0.1) is 5.82 Å². The van der Waals surface area contributed by atoms with E-state index in [9.17, 15) is 14.3 Å². The largest absolute Gasteiger partial charge is 0.479 e. The molecule has 1 atom stereocenters. The number of halogens is 1. The predicted octanol–water partition coefficient (Wildman–Crippen LogP) is 2.48. The third-order valence-electron chi connectivity index (χ3n) is 2.85. The van der Waals surface area contributed by atoms with Crippen LogP contribution < -0.4 is 0 Å². The average molecular weight is 260 g/mol. The molecule has 0 fully saturated rings.